The molecular weight excluding hydrogens is 290 g/mol. The molecule has 2 aromatic heterocycles. The minimum atomic E-state index is -0.518. The van der Waals surface area contributed by atoms with E-state index in [2.05, 4.69) is 21.1 Å². The Morgan fingerprint density at radius 2 is 2.24 bits per heavy atom. The summed E-state index contributed by atoms with van der Waals surface area (Å²) in [4.78, 5) is 11.6. The summed E-state index contributed by atoms with van der Waals surface area (Å²) in [6.07, 6.45) is 0. The van der Waals surface area contributed by atoms with Crippen LogP contribution in [0.5, 0.6) is 0 Å². The molecule has 0 amide bonds. The van der Waals surface area contributed by atoms with Crippen LogP contribution >= 0.6 is 15.9 Å². The van der Waals surface area contributed by atoms with Gasteiger partial charge in [-0.1, -0.05) is 5.16 Å². The van der Waals surface area contributed by atoms with E-state index < -0.39 is 5.97 Å². The van der Waals surface area contributed by atoms with Crippen LogP contribution in [0.25, 0.3) is 0 Å². The van der Waals surface area contributed by atoms with Crippen LogP contribution in [0.15, 0.2) is 25.7 Å². The van der Waals surface area contributed by atoms with Crippen molar-refractivity contribution in [2.24, 2.45) is 0 Å². The Balaban J connectivity index is 2.02. The van der Waals surface area contributed by atoms with Gasteiger partial charge >= 0.3 is 5.97 Å². The lowest BCUT2D eigenvalue weighted by Crippen LogP contribution is -2.04. The van der Waals surface area contributed by atoms with Crippen molar-refractivity contribution in [3.05, 3.63) is 39.6 Å². The number of carbonyl (C=O) groups excluding carboxylic acids is 1. The molecule has 5 nitrogen and oxygen atoms in total. The van der Waals surface area contributed by atoms with Crippen LogP contribution < -0.4 is 0 Å². The first kappa shape index (κ1) is 11.9. The molecular formula is C11H10BrNO4. The Labute approximate surface area is 106 Å². The maximum Gasteiger partial charge on any atom is 0.374 e. The van der Waals surface area contributed by atoms with Crippen LogP contribution in [0.1, 0.15) is 27.6 Å². The lowest BCUT2D eigenvalue weighted by molar-refractivity contribution is 0.0433. The Morgan fingerprint density at radius 1 is 1.47 bits per heavy atom. The van der Waals surface area contributed by atoms with Gasteiger partial charge in [-0.05, 0) is 41.9 Å². The number of ether oxygens (including phenoxy) is 1. The molecule has 17 heavy (non-hydrogen) atoms. The van der Waals surface area contributed by atoms with E-state index in [0.29, 0.717) is 10.4 Å². The van der Waals surface area contributed by atoms with Gasteiger partial charge < -0.3 is 13.7 Å². The highest BCUT2D eigenvalue weighted by Gasteiger charge is 2.15. The molecule has 2 aromatic rings. The van der Waals surface area contributed by atoms with E-state index in [0.717, 1.165) is 11.3 Å². The molecule has 0 aliphatic rings. The number of esters is 1. The number of aromatic nitrogens is 1. The number of carbonyl (C=O) groups is 1. The molecule has 0 saturated heterocycles. The molecule has 0 unspecified atom stereocenters. The van der Waals surface area contributed by atoms with E-state index in [1.807, 2.05) is 0 Å². The molecule has 0 aliphatic carbocycles. The van der Waals surface area contributed by atoms with Gasteiger partial charge in [-0.3, -0.25) is 0 Å². The number of rotatable bonds is 3. The van der Waals surface area contributed by atoms with Gasteiger partial charge in [-0.15, -0.1) is 0 Å². The van der Waals surface area contributed by atoms with Crippen LogP contribution in [-0.4, -0.2) is 11.1 Å². The first-order chi connectivity index (χ1) is 8.08. The Morgan fingerprint density at radius 3 is 2.76 bits per heavy atom. The Bertz CT molecular complexity index is 524. The quantitative estimate of drug-likeness (QED) is 0.815. The summed E-state index contributed by atoms with van der Waals surface area (Å²) in [5.41, 5.74) is 1.50. The van der Waals surface area contributed by atoms with Crippen molar-refractivity contribution in [2.45, 2.75) is 20.5 Å². The maximum atomic E-state index is 11.6. The van der Waals surface area contributed by atoms with Gasteiger partial charge in [0.2, 0.25) is 5.76 Å². The van der Waals surface area contributed by atoms with Crippen molar-refractivity contribution in [3.63, 3.8) is 0 Å². The molecule has 90 valence electrons. The molecule has 6 heteroatoms. The molecule has 0 bridgehead atoms. The fourth-order valence-corrected chi connectivity index (χ4v) is 1.65. The molecule has 0 atom stereocenters. The maximum absolute atomic E-state index is 11.6. The van der Waals surface area contributed by atoms with Gasteiger partial charge in [0, 0.05) is 0 Å². The average molecular weight is 300 g/mol. The Kier molecular flexibility index (Phi) is 3.33. The largest absolute Gasteiger partial charge is 0.455 e. The minimum Gasteiger partial charge on any atom is -0.455 e. The summed E-state index contributed by atoms with van der Waals surface area (Å²) in [5.74, 6) is 0.287. The van der Waals surface area contributed by atoms with E-state index in [1.165, 1.54) is 0 Å². The van der Waals surface area contributed by atoms with E-state index in [-0.39, 0.29) is 12.4 Å². The standard InChI is InChI=1S/C11H10BrNO4/c1-6-8(7(2)17-13-6)5-15-11(14)9-3-4-10(12)16-9/h3-4H,5H2,1-2H3. The third-order valence-electron chi connectivity index (χ3n) is 2.30. The predicted molar refractivity (Wildman–Crippen MR) is 61.5 cm³/mol. The number of aryl methyl sites for hydroxylation is 2. The molecule has 0 N–H and O–H groups in total. The summed E-state index contributed by atoms with van der Waals surface area (Å²) in [5, 5.41) is 3.77. The lowest BCUT2D eigenvalue weighted by Gasteiger charge is -2.01. The highest BCUT2D eigenvalue weighted by molar-refractivity contribution is 9.10. The zero-order chi connectivity index (χ0) is 12.4. The fraction of sp³-hybridized carbons (Fsp3) is 0.273. The summed E-state index contributed by atoms with van der Waals surface area (Å²) in [6.45, 7) is 3.69. The van der Waals surface area contributed by atoms with Crippen molar-refractivity contribution in [1.82, 2.24) is 5.16 Å². The highest BCUT2D eigenvalue weighted by Crippen LogP contribution is 2.17. The molecule has 0 aliphatic heterocycles. The average Bonchev–Trinajstić information content (AvgIpc) is 2.84. The van der Waals surface area contributed by atoms with E-state index in [9.17, 15) is 4.79 Å². The van der Waals surface area contributed by atoms with E-state index in [1.54, 1.807) is 26.0 Å². The molecule has 0 saturated carbocycles. The first-order valence-electron chi connectivity index (χ1n) is 4.92. The zero-order valence-corrected chi connectivity index (χ0v) is 10.9. The van der Waals surface area contributed by atoms with Gasteiger partial charge in [0.05, 0.1) is 11.3 Å². The van der Waals surface area contributed by atoms with E-state index in [4.69, 9.17) is 13.7 Å². The van der Waals surface area contributed by atoms with Gasteiger partial charge in [0.15, 0.2) is 4.67 Å². The fourth-order valence-electron chi connectivity index (χ4n) is 1.34. The van der Waals surface area contributed by atoms with Gasteiger partial charge in [-0.2, -0.15) is 0 Å². The van der Waals surface area contributed by atoms with Crippen LogP contribution in [0.4, 0.5) is 0 Å². The van der Waals surface area contributed by atoms with Gasteiger partial charge in [0.25, 0.3) is 0 Å². The zero-order valence-electron chi connectivity index (χ0n) is 9.32. The minimum absolute atomic E-state index is 0.123. The molecule has 2 rings (SSSR count). The second-order valence-corrected chi connectivity index (χ2v) is 4.26. The van der Waals surface area contributed by atoms with Crippen LogP contribution in [0, 0.1) is 13.8 Å². The number of furan rings is 1. The monoisotopic (exact) mass is 299 g/mol. The second kappa shape index (κ2) is 4.75. The normalized spacial score (nSPS) is 10.5. The highest BCUT2D eigenvalue weighted by atomic mass is 79.9. The third-order valence-corrected chi connectivity index (χ3v) is 2.73. The Hall–Kier alpha value is -1.56. The van der Waals surface area contributed by atoms with Crippen molar-refractivity contribution < 1.29 is 18.5 Å². The van der Waals surface area contributed by atoms with Gasteiger partial charge in [0.1, 0.15) is 12.4 Å². The van der Waals surface area contributed by atoms with Crippen molar-refractivity contribution in [2.75, 3.05) is 0 Å². The van der Waals surface area contributed by atoms with Gasteiger partial charge in [-0.25, -0.2) is 4.79 Å². The molecule has 0 fully saturated rings. The summed E-state index contributed by atoms with van der Waals surface area (Å²) in [6, 6.07) is 3.17. The van der Waals surface area contributed by atoms with Crippen LogP contribution in [0.3, 0.4) is 0 Å². The summed E-state index contributed by atoms with van der Waals surface area (Å²) < 4.78 is 15.6. The predicted octanol–water partition coefficient (Wildman–Crippen LogP) is 3.00. The summed E-state index contributed by atoms with van der Waals surface area (Å²) >= 11 is 3.11. The summed E-state index contributed by atoms with van der Waals surface area (Å²) in [7, 11) is 0. The molecule has 0 aromatic carbocycles. The van der Waals surface area contributed by atoms with Crippen molar-refractivity contribution in [1.29, 1.82) is 0 Å². The van der Waals surface area contributed by atoms with Crippen molar-refractivity contribution in [3.8, 4) is 0 Å². The molecule has 0 spiro atoms. The first-order valence-corrected chi connectivity index (χ1v) is 5.71. The number of halogens is 1. The van der Waals surface area contributed by atoms with Crippen LogP contribution in [0.2, 0.25) is 0 Å². The number of hydrogen-bond donors (Lipinski definition) is 0. The smallest absolute Gasteiger partial charge is 0.374 e. The second-order valence-electron chi connectivity index (χ2n) is 3.48. The molecule has 0 radical (unpaired) electrons. The topological polar surface area (TPSA) is 65.5 Å². The SMILES string of the molecule is Cc1noc(C)c1COC(=O)c1ccc(Br)o1. The molecule has 2 heterocycles. The lowest BCUT2D eigenvalue weighted by atomic mass is 10.2. The number of hydrogen-bond acceptors (Lipinski definition) is 5. The number of nitrogens with zero attached hydrogens (tertiary/aromatic N) is 1. The van der Waals surface area contributed by atoms with Crippen molar-refractivity contribution >= 4 is 21.9 Å². The third kappa shape index (κ3) is 2.58. The van der Waals surface area contributed by atoms with E-state index >= 15 is 0 Å². The van der Waals surface area contributed by atoms with Crippen LogP contribution in [-0.2, 0) is 11.3 Å².